The van der Waals surface area contributed by atoms with Crippen LogP contribution in [0.3, 0.4) is 0 Å². The summed E-state index contributed by atoms with van der Waals surface area (Å²) in [5, 5.41) is 3.24. The first-order valence-corrected chi connectivity index (χ1v) is 8.79. The van der Waals surface area contributed by atoms with Gasteiger partial charge in [-0.2, -0.15) is 0 Å². The van der Waals surface area contributed by atoms with Crippen LogP contribution in [0.15, 0.2) is 42.5 Å². The molecule has 0 aliphatic carbocycles. The van der Waals surface area contributed by atoms with E-state index in [-0.39, 0.29) is 10.6 Å². The molecule has 0 radical (unpaired) electrons. The highest BCUT2D eigenvalue weighted by molar-refractivity contribution is 6.32. The number of hydrogen-bond acceptors (Lipinski definition) is 4. The van der Waals surface area contributed by atoms with Crippen molar-refractivity contribution in [3.63, 3.8) is 0 Å². The normalized spacial score (nSPS) is 19.2. The number of halogens is 2. The van der Waals surface area contributed by atoms with E-state index in [2.05, 4.69) is 5.32 Å². The number of carbonyl (C=O) groups is 3. The van der Waals surface area contributed by atoms with Gasteiger partial charge in [0.15, 0.2) is 5.78 Å². The summed E-state index contributed by atoms with van der Waals surface area (Å²) in [6.45, 7) is 1.15. The van der Waals surface area contributed by atoms with E-state index in [1.54, 1.807) is 37.3 Å². The third-order valence-electron chi connectivity index (χ3n) is 4.46. The summed E-state index contributed by atoms with van der Waals surface area (Å²) in [5.74, 6) is -0.547. The SMILES string of the molecule is COc1ccc(C(=O)CN2C(=O)N[C@@](C)(c3ccccc3Cl)C2=O)cc1Cl. The number of Topliss-reactive ketones (excluding diaryl/α,β-unsaturated/α-hetero) is 1. The Morgan fingerprint density at radius 2 is 1.85 bits per heavy atom. The highest BCUT2D eigenvalue weighted by Crippen LogP contribution is 2.33. The largest absolute Gasteiger partial charge is 0.495 e. The standard InChI is InChI=1S/C19H16Cl2N2O4/c1-19(12-5-3-4-6-13(12)20)17(25)23(18(26)22-19)10-15(24)11-7-8-16(27-2)14(21)9-11/h3-9H,10H2,1-2H3,(H,22,26)/t19-/m0/s1. The van der Waals surface area contributed by atoms with Gasteiger partial charge in [-0.15, -0.1) is 0 Å². The number of ether oxygens (including phenoxy) is 1. The Bertz CT molecular complexity index is 947. The van der Waals surface area contributed by atoms with Crippen LogP contribution in [0.4, 0.5) is 4.79 Å². The fraction of sp³-hybridized carbons (Fsp3) is 0.211. The maximum Gasteiger partial charge on any atom is 0.325 e. The molecule has 1 N–H and O–H groups in total. The van der Waals surface area contributed by atoms with Gasteiger partial charge in [-0.25, -0.2) is 4.79 Å². The molecular formula is C19H16Cl2N2O4. The van der Waals surface area contributed by atoms with Gasteiger partial charge in [-0.05, 0) is 31.2 Å². The van der Waals surface area contributed by atoms with E-state index in [0.717, 1.165) is 4.90 Å². The number of urea groups is 1. The van der Waals surface area contributed by atoms with Crippen LogP contribution in [0.5, 0.6) is 5.75 Å². The lowest BCUT2D eigenvalue weighted by atomic mass is 9.92. The summed E-state index contributed by atoms with van der Waals surface area (Å²) in [6, 6.07) is 10.6. The number of nitrogens with one attached hydrogen (secondary N) is 1. The first kappa shape index (κ1) is 19.2. The molecule has 0 saturated carbocycles. The van der Waals surface area contributed by atoms with Gasteiger partial charge < -0.3 is 10.1 Å². The number of amides is 3. The molecule has 1 aliphatic rings. The minimum Gasteiger partial charge on any atom is -0.495 e. The van der Waals surface area contributed by atoms with Crippen molar-refractivity contribution in [2.45, 2.75) is 12.5 Å². The van der Waals surface area contributed by atoms with Crippen molar-refractivity contribution >= 4 is 40.9 Å². The Labute approximate surface area is 166 Å². The summed E-state index contributed by atoms with van der Waals surface area (Å²) < 4.78 is 5.05. The number of carbonyl (C=O) groups excluding carboxylic acids is 3. The number of ketones is 1. The van der Waals surface area contributed by atoms with Crippen LogP contribution < -0.4 is 10.1 Å². The number of imide groups is 1. The maximum absolute atomic E-state index is 12.9. The Morgan fingerprint density at radius 1 is 1.15 bits per heavy atom. The smallest absolute Gasteiger partial charge is 0.325 e. The third-order valence-corrected chi connectivity index (χ3v) is 5.09. The van der Waals surface area contributed by atoms with Crippen molar-refractivity contribution in [1.29, 1.82) is 0 Å². The van der Waals surface area contributed by atoms with Gasteiger partial charge in [0.2, 0.25) is 0 Å². The molecule has 2 aromatic carbocycles. The van der Waals surface area contributed by atoms with E-state index >= 15 is 0 Å². The van der Waals surface area contributed by atoms with Crippen LogP contribution in [-0.4, -0.2) is 36.3 Å². The van der Waals surface area contributed by atoms with Crippen molar-refractivity contribution in [3.05, 3.63) is 63.6 Å². The predicted octanol–water partition coefficient (Wildman–Crippen LogP) is 3.65. The lowest BCUT2D eigenvalue weighted by Gasteiger charge is -2.23. The molecule has 140 valence electrons. The molecule has 1 saturated heterocycles. The second kappa shape index (κ2) is 7.21. The average molecular weight is 407 g/mol. The second-order valence-corrected chi connectivity index (χ2v) is 7.01. The molecule has 27 heavy (non-hydrogen) atoms. The average Bonchev–Trinajstić information content (AvgIpc) is 2.85. The van der Waals surface area contributed by atoms with Gasteiger partial charge >= 0.3 is 6.03 Å². The van der Waals surface area contributed by atoms with E-state index in [0.29, 0.717) is 16.3 Å². The third kappa shape index (κ3) is 3.38. The van der Waals surface area contributed by atoms with Crippen LogP contribution >= 0.6 is 23.2 Å². The van der Waals surface area contributed by atoms with E-state index in [4.69, 9.17) is 27.9 Å². The van der Waals surface area contributed by atoms with Crippen molar-refractivity contribution in [3.8, 4) is 5.75 Å². The van der Waals surface area contributed by atoms with Crippen LogP contribution in [0.25, 0.3) is 0 Å². The van der Waals surface area contributed by atoms with Gasteiger partial charge in [0.1, 0.15) is 11.3 Å². The molecule has 0 spiro atoms. The molecule has 3 rings (SSSR count). The van der Waals surface area contributed by atoms with Crippen LogP contribution in [0, 0.1) is 0 Å². The zero-order chi connectivity index (χ0) is 19.8. The molecule has 1 fully saturated rings. The first-order valence-electron chi connectivity index (χ1n) is 8.04. The highest BCUT2D eigenvalue weighted by atomic mass is 35.5. The lowest BCUT2D eigenvalue weighted by Crippen LogP contribution is -2.41. The van der Waals surface area contributed by atoms with Crippen LogP contribution in [-0.2, 0) is 10.3 Å². The minimum atomic E-state index is -1.34. The van der Waals surface area contributed by atoms with E-state index in [9.17, 15) is 14.4 Å². The number of nitrogens with zero attached hydrogens (tertiary/aromatic N) is 1. The number of benzene rings is 2. The van der Waals surface area contributed by atoms with Crippen molar-refractivity contribution < 1.29 is 19.1 Å². The van der Waals surface area contributed by atoms with Gasteiger partial charge in [-0.3, -0.25) is 14.5 Å². The maximum atomic E-state index is 12.9. The summed E-state index contributed by atoms with van der Waals surface area (Å²) in [5.41, 5.74) is -0.604. The highest BCUT2D eigenvalue weighted by Gasteiger charge is 2.50. The second-order valence-electron chi connectivity index (χ2n) is 6.20. The summed E-state index contributed by atoms with van der Waals surface area (Å²) in [7, 11) is 1.46. The zero-order valence-corrected chi connectivity index (χ0v) is 16.1. The Balaban J connectivity index is 1.85. The quantitative estimate of drug-likeness (QED) is 0.607. The van der Waals surface area contributed by atoms with E-state index < -0.39 is 29.8 Å². The summed E-state index contributed by atoms with van der Waals surface area (Å²) >= 11 is 12.2. The Kier molecular flexibility index (Phi) is 5.13. The molecule has 0 aromatic heterocycles. The molecule has 1 heterocycles. The molecule has 1 aliphatic heterocycles. The van der Waals surface area contributed by atoms with Gasteiger partial charge in [0, 0.05) is 16.1 Å². The molecule has 3 amide bonds. The monoisotopic (exact) mass is 406 g/mol. The Hall–Kier alpha value is -2.57. The molecular weight excluding hydrogens is 391 g/mol. The first-order chi connectivity index (χ1) is 12.8. The molecule has 0 bridgehead atoms. The molecule has 6 nitrogen and oxygen atoms in total. The molecule has 8 heteroatoms. The van der Waals surface area contributed by atoms with E-state index in [1.165, 1.54) is 19.2 Å². The fourth-order valence-corrected chi connectivity index (χ4v) is 3.55. The van der Waals surface area contributed by atoms with Gasteiger partial charge in [-0.1, -0.05) is 41.4 Å². The zero-order valence-electron chi connectivity index (χ0n) is 14.6. The topological polar surface area (TPSA) is 75.7 Å². The van der Waals surface area contributed by atoms with Crippen molar-refractivity contribution in [1.82, 2.24) is 10.2 Å². The summed E-state index contributed by atoms with van der Waals surface area (Å²) in [6.07, 6.45) is 0. The number of hydrogen-bond donors (Lipinski definition) is 1. The van der Waals surface area contributed by atoms with E-state index in [1.807, 2.05) is 0 Å². The van der Waals surface area contributed by atoms with Gasteiger partial charge in [0.25, 0.3) is 5.91 Å². The fourth-order valence-electron chi connectivity index (χ4n) is 2.96. The lowest BCUT2D eigenvalue weighted by molar-refractivity contribution is -0.130. The molecule has 2 aromatic rings. The number of methoxy groups -OCH3 is 1. The molecule has 0 unspecified atom stereocenters. The van der Waals surface area contributed by atoms with Crippen LogP contribution in [0.1, 0.15) is 22.8 Å². The van der Waals surface area contributed by atoms with Crippen LogP contribution in [0.2, 0.25) is 10.0 Å². The predicted molar refractivity (Wildman–Crippen MR) is 101 cm³/mol. The number of rotatable bonds is 5. The minimum absolute atomic E-state index is 0.265. The molecule has 1 atom stereocenters. The summed E-state index contributed by atoms with van der Waals surface area (Å²) in [4.78, 5) is 38.7. The van der Waals surface area contributed by atoms with Gasteiger partial charge in [0.05, 0.1) is 18.7 Å². The Morgan fingerprint density at radius 3 is 2.48 bits per heavy atom. The van der Waals surface area contributed by atoms with Crippen molar-refractivity contribution in [2.75, 3.05) is 13.7 Å². The van der Waals surface area contributed by atoms with Crippen molar-refractivity contribution in [2.24, 2.45) is 0 Å².